The lowest BCUT2D eigenvalue weighted by Crippen LogP contribution is -2.14. The summed E-state index contributed by atoms with van der Waals surface area (Å²) in [5, 5.41) is 11.1. The molecule has 1 heterocycles. The summed E-state index contributed by atoms with van der Waals surface area (Å²) in [7, 11) is 0. The largest absolute Gasteiger partial charge is 0.392 e. The van der Waals surface area contributed by atoms with Gasteiger partial charge in [-0.15, -0.1) is 0 Å². The van der Waals surface area contributed by atoms with Crippen LogP contribution in [0.5, 0.6) is 0 Å². The van der Waals surface area contributed by atoms with Gasteiger partial charge in [-0.1, -0.05) is 31.2 Å². The summed E-state index contributed by atoms with van der Waals surface area (Å²) in [6, 6.07) is 12.2. The Hall–Kier alpha value is -1.06. The molecule has 0 bridgehead atoms. The number of thioether (sulfide) groups is 1. The van der Waals surface area contributed by atoms with Gasteiger partial charge < -0.3 is 5.11 Å². The Morgan fingerprint density at radius 1 is 1.22 bits per heavy atom. The summed E-state index contributed by atoms with van der Waals surface area (Å²) < 4.78 is 0. The highest BCUT2D eigenvalue weighted by Crippen LogP contribution is 2.14. The van der Waals surface area contributed by atoms with Crippen LogP contribution in [-0.4, -0.2) is 27.7 Å². The number of rotatable bonds is 6. The average Bonchev–Trinajstić information content (AvgIpc) is 2.39. The maximum Gasteiger partial charge on any atom is 0.0705 e. The van der Waals surface area contributed by atoms with Gasteiger partial charge in [0.15, 0.2) is 0 Å². The van der Waals surface area contributed by atoms with Crippen molar-refractivity contribution >= 4 is 22.7 Å². The number of aliphatic hydroxyl groups excluding tert-OH is 1. The van der Waals surface area contributed by atoms with E-state index < -0.39 is 0 Å². The molecule has 0 aliphatic heterocycles. The van der Waals surface area contributed by atoms with Crippen LogP contribution in [0.25, 0.3) is 10.9 Å². The second kappa shape index (κ2) is 6.76. The fourth-order valence-electron chi connectivity index (χ4n) is 1.89. The van der Waals surface area contributed by atoms with Crippen LogP contribution in [-0.2, 0) is 6.42 Å². The van der Waals surface area contributed by atoms with Crippen molar-refractivity contribution in [3.63, 3.8) is 0 Å². The molecule has 1 aromatic carbocycles. The summed E-state index contributed by atoms with van der Waals surface area (Å²) in [6.45, 7) is 2.16. The molecule has 0 saturated heterocycles. The van der Waals surface area contributed by atoms with Crippen molar-refractivity contribution in [2.75, 3.05) is 11.5 Å². The van der Waals surface area contributed by atoms with Crippen LogP contribution in [0.3, 0.4) is 0 Å². The number of aromatic nitrogens is 1. The highest BCUT2D eigenvalue weighted by molar-refractivity contribution is 7.99. The normalized spacial score (nSPS) is 12.8. The molecule has 0 saturated carbocycles. The van der Waals surface area contributed by atoms with Gasteiger partial charge in [-0.2, -0.15) is 11.8 Å². The van der Waals surface area contributed by atoms with Crippen molar-refractivity contribution in [2.45, 2.75) is 25.9 Å². The smallest absolute Gasteiger partial charge is 0.0705 e. The molecule has 0 fully saturated rings. The molecule has 1 unspecified atom stereocenters. The SMILES string of the molecule is CCCSCC(O)Cc1ccc2ccccc2n1. The number of para-hydroxylation sites is 1. The van der Waals surface area contributed by atoms with E-state index in [1.165, 1.54) is 0 Å². The first kappa shape index (κ1) is 13.4. The van der Waals surface area contributed by atoms with Gasteiger partial charge >= 0.3 is 0 Å². The molecule has 2 aromatic rings. The van der Waals surface area contributed by atoms with E-state index in [0.717, 1.165) is 34.5 Å². The molecule has 0 radical (unpaired) electrons. The van der Waals surface area contributed by atoms with E-state index in [1.807, 2.05) is 24.3 Å². The molecule has 0 aliphatic rings. The molecular weight excluding hydrogens is 242 g/mol. The quantitative estimate of drug-likeness (QED) is 0.810. The van der Waals surface area contributed by atoms with E-state index in [4.69, 9.17) is 0 Å². The third kappa shape index (κ3) is 3.72. The number of hydrogen-bond donors (Lipinski definition) is 1. The van der Waals surface area contributed by atoms with E-state index in [9.17, 15) is 5.11 Å². The Morgan fingerprint density at radius 3 is 2.89 bits per heavy atom. The lowest BCUT2D eigenvalue weighted by molar-refractivity contribution is 0.199. The third-order valence-corrected chi connectivity index (χ3v) is 4.08. The highest BCUT2D eigenvalue weighted by atomic mass is 32.2. The zero-order chi connectivity index (χ0) is 12.8. The van der Waals surface area contributed by atoms with Crippen molar-refractivity contribution in [3.8, 4) is 0 Å². The van der Waals surface area contributed by atoms with Crippen LogP contribution in [0.15, 0.2) is 36.4 Å². The number of aliphatic hydroxyl groups is 1. The summed E-state index contributed by atoms with van der Waals surface area (Å²) in [4.78, 5) is 4.57. The predicted octanol–water partition coefficient (Wildman–Crippen LogP) is 3.28. The topological polar surface area (TPSA) is 33.1 Å². The summed E-state index contributed by atoms with van der Waals surface area (Å²) in [5.41, 5.74) is 1.97. The van der Waals surface area contributed by atoms with E-state index in [-0.39, 0.29) is 6.10 Å². The van der Waals surface area contributed by atoms with Crippen LogP contribution in [0.4, 0.5) is 0 Å². The molecule has 2 nitrogen and oxygen atoms in total. The molecule has 0 aliphatic carbocycles. The van der Waals surface area contributed by atoms with Crippen LogP contribution in [0.2, 0.25) is 0 Å². The Morgan fingerprint density at radius 2 is 2.06 bits per heavy atom. The predicted molar refractivity (Wildman–Crippen MR) is 79.1 cm³/mol. The zero-order valence-electron chi connectivity index (χ0n) is 10.7. The molecule has 0 spiro atoms. The third-order valence-electron chi connectivity index (χ3n) is 2.76. The van der Waals surface area contributed by atoms with E-state index in [1.54, 1.807) is 11.8 Å². The van der Waals surface area contributed by atoms with Gasteiger partial charge in [0.2, 0.25) is 0 Å². The van der Waals surface area contributed by atoms with E-state index in [0.29, 0.717) is 6.42 Å². The molecule has 3 heteroatoms. The first-order valence-corrected chi connectivity index (χ1v) is 7.55. The van der Waals surface area contributed by atoms with Gasteiger partial charge in [0, 0.05) is 23.3 Å². The highest BCUT2D eigenvalue weighted by Gasteiger charge is 2.07. The molecular formula is C15H19NOS. The van der Waals surface area contributed by atoms with Crippen molar-refractivity contribution < 1.29 is 5.11 Å². The van der Waals surface area contributed by atoms with Crippen molar-refractivity contribution in [1.82, 2.24) is 4.98 Å². The molecule has 18 heavy (non-hydrogen) atoms. The number of pyridine rings is 1. The van der Waals surface area contributed by atoms with Gasteiger partial charge in [-0.3, -0.25) is 4.98 Å². The Labute approximate surface area is 112 Å². The molecule has 2 rings (SSSR count). The summed E-state index contributed by atoms with van der Waals surface area (Å²) >= 11 is 1.81. The van der Waals surface area contributed by atoms with Crippen molar-refractivity contribution in [3.05, 3.63) is 42.1 Å². The van der Waals surface area contributed by atoms with E-state index >= 15 is 0 Å². The first-order valence-electron chi connectivity index (χ1n) is 6.40. The standard InChI is InChI=1S/C15H19NOS/c1-2-9-18-11-14(17)10-13-8-7-12-5-3-4-6-15(12)16-13/h3-8,14,17H,2,9-11H2,1H3. The number of nitrogens with zero attached hydrogens (tertiary/aromatic N) is 1. The van der Waals surface area contributed by atoms with Crippen molar-refractivity contribution in [1.29, 1.82) is 0 Å². The first-order chi connectivity index (χ1) is 8.79. The van der Waals surface area contributed by atoms with Gasteiger partial charge in [0.05, 0.1) is 11.6 Å². The Balaban J connectivity index is 1.98. The maximum atomic E-state index is 9.94. The Bertz CT molecular complexity index is 501. The zero-order valence-corrected chi connectivity index (χ0v) is 11.5. The van der Waals surface area contributed by atoms with Crippen LogP contribution < -0.4 is 0 Å². The average molecular weight is 261 g/mol. The van der Waals surface area contributed by atoms with Crippen LogP contribution >= 0.6 is 11.8 Å². The second-order valence-corrected chi connectivity index (χ2v) is 5.58. The van der Waals surface area contributed by atoms with Gasteiger partial charge in [-0.05, 0) is 24.3 Å². The number of benzene rings is 1. The molecule has 96 valence electrons. The van der Waals surface area contributed by atoms with Gasteiger partial charge in [-0.25, -0.2) is 0 Å². The van der Waals surface area contributed by atoms with E-state index in [2.05, 4.69) is 24.0 Å². The minimum absolute atomic E-state index is 0.296. The molecule has 0 amide bonds. The molecule has 1 N–H and O–H groups in total. The number of hydrogen-bond acceptors (Lipinski definition) is 3. The van der Waals surface area contributed by atoms with Crippen LogP contribution in [0.1, 0.15) is 19.0 Å². The van der Waals surface area contributed by atoms with Gasteiger partial charge in [0.1, 0.15) is 0 Å². The van der Waals surface area contributed by atoms with Crippen molar-refractivity contribution in [2.24, 2.45) is 0 Å². The fraction of sp³-hybridized carbons (Fsp3) is 0.400. The second-order valence-electron chi connectivity index (χ2n) is 4.43. The Kier molecular flexibility index (Phi) is 5.02. The monoisotopic (exact) mass is 261 g/mol. The summed E-state index contributed by atoms with van der Waals surface area (Å²) in [5.74, 6) is 1.91. The lowest BCUT2D eigenvalue weighted by atomic mass is 10.1. The minimum atomic E-state index is -0.296. The minimum Gasteiger partial charge on any atom is -0.392 e. The number of fused-ring (bicyclic) bond motifs is 1. The lowest BCUT2D eigenvalue weighted by Gasteiger charge is -2.10. The van der Waals surface area contributed by atoms with Gasteiger partial charge in [0.25, 0.3) is 0 Å². The van der Waals surface area contributed by atoms with Crippen LogP contribution in [0, 0.1) is 0 Å². The molecule has 1 atom stereocenters. The fourth-order valence-corrected chi connectivity index (χ4v) is 2.73. The summed E-state index contributed by atoms with van der Waals surface area (Å²) in [6.07, 6.45) is 1.50. The maximum absolute atomic E-state index is 9.94. The molecule has 1 aromatic heterocycles.